The van der Waals surface area contributed by atoms with E-state index >= 15 is 0 Å². The van der Waals surface area contributed by atoms with Gasteiger partial charge in [-0.1, -0.05) is 34.6 Å². The lowest BCUT2D eigenvalue weighted by molar-refractivity contribution is -0.161. The Labute approximate surface area is 324 Å². The van der Waals surface area contributed by atoms with Crippen molar-refractivity contribution >= 4 is 81.2 Å². The summed E-state index contributed by atoms with van der Waals surface area (Å²) in [6.07, 6.45) is -1.86. The second-order valence-corrected chi connectivity index (χ2v) is 15.4. The Morgan fingerprint density at radius 2 is 1.91 bits per heavy atom. The van der Waals surface area contributed by atoms with Crippen molar-refractivity contribution < 1.29 is 63.9 Å². The number of rotatable bonds is 16. The molecule has 298 valence electrons. The second-order valence-electron chi connectivity index (χ2n) is 12.8. The topological polar surface area (TPSA) is 319 Å². The number of carboxylic acid groups (broad SMARTS) is 2. The maximum atomic E-state index is 13.6. The van der Waals surface area contributed by atoms with Gasteiger partial charge in [0.25, 0.3) is 11.8 Å². The number of aliphatic carboxylic acids is 2. The van der Waals surface area contributed by atoms with Gasteiger partial charge in [0, 0.05) is 31.1 Å². The summed E-state index contributed by atoms with van der Waals surface area (Å²) < 4.78 is 5.15. The first-order chi connectivity index (χ1) is 25.8. The third kappa shape index (κ3) is 7.99. The molecule has 5 atom stereocenters. The molecule has 22 nitrogen and oxygen atoms in total. The summed E-state index contributed by atoms with van der Waals surface area (Å²) in [7, 11) is 1.35. The number of oxime groups is 1. The summed E-state index contributed by atoms with van der Waals surface area (Å²) in [5.41, 5.74) is 5.95. The van der Waals surface area contributed by atoms with E-state index in [9.17, 15) is 54.3 Å². The number of nitrogens with one attached hydrogen (secondary N) is 3. The van der Waals surface area contributed by atoms with E-state index in [-0.39, 0.29) is 42.6 Å². The molecule has 3 aliphatic rings. The quantitative estimate of drug-likeness (QED) is 0.0409. The lowest BCUT2D eigenvalue weighted by Crippen LogP contribution is -2.68. The maximum absolute atomic E-state index is 13.6. The number of ether oxygens (including phenoxy) is 1. The van der Waals surface area contributed by atoms with Crippen molar-refractivity contribution in [2.24, 2.45) is 5.16 Å². The molecule has 3 aliphatic heterocycles. The predicted molar refractivity (Wildman–Crippen MR) is 192 cm³/mol. The number of anilines is 1. The highest BCUT2D eigenvalue weighted by Crippen LogP contribution is 2.49. The molecule has 3 saturated heterocycles. The number of amides is 5. The molecule has 0 bridgehead atoms. The number of aliphatic hydroxyl groups is 1. The molecule has 2 unspecified atom stereocenters. The van der Waals surface area contributed by atoms with Crippen molar-refractivity contribution in [3.8, 4) is 11.5 Å². The number of aromatic hydroxyl groups is 2. The number of carbonyl (C=O) groups is 6. The Morgan fingerprint density at radius 1 is 1.20 bits per heavy atom. The van der Waals surface area contributed by atoms with E-state index in [4.69, 9.17) is 26.9 Å². The number of phenolic OH excluding ortho intramolecular Hbond substituents is 2. The number of carboxylic acids is 2. The number of halogens is 1. The first-order valence-electron chi connectivity index (χ1n) is 16.1. The van der Waals surface area contributed by atoms with E-state index in [1.165, 1.54) is 31.2 Å². The Kier molecular flexibility index (Phi) is 11.9. The standard InChI is InChI=1S/C30H36ClN9O13S2/c1-29(2,25(47)48)53-37-17(14-10-54-27(32)35-14)21(44)36-18-23(46)38-11-30(26(49)50,55-24(18)38)39-6-7-40(28(39)51)33-8-12(9-52-3)34-22(45)19(42)13-4-5-15(41)20(43)16(13)31/h4-5,10,12,18-19,24,33,41-43H,6-9,11H2,1-3H3,(H2,32,35)(H,34,45)(H,36,44)(H,47,48)(H,49,50)/b37-17-/t12?,18-,19?,24-,30-/m1/s1. The van der Waals surface area contributed by atoms with Crippen LogP contribution in [0.5, 0.6) is 11.5 Å². The molecular weight excluding hydrogens is 794 g/mol. The zero-order valence-corrected chi connectivity index (χ0v) is 31.5. The van der Waals surface area contributed by atoms with Gasteiger partial charge < -0.3 is 56.4 Å². The molecule has 10 N–H and O–H groups in total. The van der Waals surface area contributed by atoms with Crippen molar-refractivity contribution in [2.45, 2.75) is 47.9 Å². The highest BCUT2D eigenvalue weighted by atomic mass is 35.5. The van der Waals surface area contributed by atoms with E-state index in [1.54, 1.807) is 0 Å². The van der Waals surface area contributed by atoms with Crippen LogP contribution in [0.1, 0.15) is 31.2 Å². The van der Waals surface area contributed by atoms with E-state index in [2.05, 4.69) is 26.2 Å². The van der Waals surface area contributed by atoms with E-state index in [0.29, 0.717) is 0 Å². The summed E-state index contributed by atoms with van der Waals surface area (Å²) >= 11 is 7.70. The number of hydrogen-bond acceptors (Lipinski definition) is 17. The van der Waals surface area contributed by atoms with Crippen molar-refractivity contribution in [3.63, 3.8) is 0 Å². The van der Waals surface area contributed by atoms with Crippen molar-refractivity contribution in [1.29, 1.82) is 0 Å². The monoisotopic (exact) mass is 829 g/mol. The van der Waals surface area contributed by atoms with Crippen LogP contribution in [0.2, 0.25) is 5.02 Å². The smallest absolute Gasteiger partial charge is 0.350 e. The first-order valence-corrected chi connectivity index (χ1v) is 18.2. The largest absolute Gasteiger partial charge is 0.504 e. The van der Waals surface area contributed by atoms with Crippen LogP contribution in [0.3, 0.4) is 0 Å². The molecule has 3 fully saturated rings. The second kappa shape index (κ2) is 15.9. The minimum atomic E-state index is -1.97. The summed E-state index contributed by atoms with van der Waals surface area (Å²) in [6.45, 7) is 1.61. The molecule has 25 heteroatoms. The van der Waals surface area contributed by atoms with Gasteiger partial charge >= 0.3 is 18.0 Å². The van der Waals surface area contributed by atoms with Gasteiger partial charge in [-0.05, 0) is 19.9 Å². The fraction of sp³-hybridized carbons (Fsp3) is 0.467. The lowest BCUT2D eigenvalue weighted by Gasteiger charge is -2.41. The van der Waals surface area contributed by atoms with Crippen LogP contribution in [-0.2, 0) is 33.5 Å². The molecular formula is C30H36ClN9O13S2. The lowest BCUT2D eigenvalue weighted by atomic mass is 10.1. The summed E-state index contributed by atoms with van der Waals surface area (Å²) in [5.74, 6) is -6.67. The number of nitrogen functional groups attached to an aromatic ring is 1. The number of β-lactam (4-membered cyclic amide) rings is 1. The van der Waals surface area contributed by atoms with Crippen molar-refractivity contribution in [2.75, 3.05) is 45.6 Å². The average Bonchev–Trinajstić information content (AvgIpc) is 3.84. The SMILES string of the molecule is COCC(CNN1CCN([C@]2(C(=O)O)CN3C(=O)[C@@H](NC(=O)/C(=N\OC(C)(C)C(=O)O)c4csc(N)n4)[C@H]3S2)C1=O)NC(=O)C(O)c1ccc(O)c(O)c1Cl. The molecule has 5 rings (SSSR count). The van der Waals surface area contributed by atoms with E-state index < -0.39 is 98.5 Å². The van der Waals surface area contributed by atoms with Gasteiger partial charge in [0.1, 0.15) is 17.1 Å². The molecule has 1 aromatic heterocycles. The van der Waals surface area contributed by atoms with Crippen molar-refractivity contribution in [3.05, 3.63) is 33.8 Å². The van der Waals surface area contributed by atoms with Gasteiger partial charge in [-0.2, -0.15) is 0 Å². The van der Waals surface area contributed by atoms with E-state index in [0.717, 1.165) is 45.1 Å². The van der Waals surface area contributed by atoms with Crippen LogP contribution in [-0.4, -0.2) is 155 Å². The van der Waals surface area contributed by atoms with Crippen molar-refractivity contribution in [1.82, 2.24) is 35.9 Å². The van der Waals surface area contributed by atoms with Gasteiger partial charge in [-0.15, -0.1) is 11.3 Å². The normalized spacial score (nSPS) is 22.2. The molecule has 0 aliphatic carbocycles. The fourth-order valence-corrected chi connectivity index (χ4v) is 8.06. The number of urea groups is 1. The molecule has 55 heavy (non-hydrogen) atoms. The zero-order valence-electron chi connectivity index (χ0n) is 29.1. The highest BCUT2D eigenvalue weighted by molar-refractivity contribution is 8.02. The van der Waals surface area contributed by atoms with Gasteiger partial charge in [-0.3, -0.25) is 24.3 Å². The number of phenols is 2. The summed E-state index contributed by atoms with van der Waals surface area (Å²) in [5, 5.41) is 59.8. The number of nitrogens with two attached hydrogens (primary N) is 1. The minimum Gasteiger partial charge on any atom is -0.504 e. The van der Waals surface area contributed by atoms with Gasteiger partial charge in [0.15, 0.2) is 28.4 Å². The number of carbonyl (C=O) groups excluding carboxylic acids is 4. The van der Waals surface area contributed by atoms with Crippen LogP contribution in [0.4, 0.5) is 9.93 Å². The number of hydrazine groups is 1. The highest BCUT2D eigenvalue weighted by Gasteiger charge is 2.66. The fourth-order valence-electron chi connectivity index (χ4n) is 5.61. The Morgan fingerprint density at radius 3 is 2.53 bits per heavy atom. The molecule has 2 aromatic rings. The van der Waals surface area contributed by atoms with Gasteiger partial charge in [-0.25, -0.2) is 24.8 Å². The summed E-state index contributed by atoms with van der Waals surface area (Å²) in [4.78, 5) is 86.9. The third-order valence-electron chi connectivity index (χ3n) is 8.68. The molecule has 4 heterocycles. The molecule has 0 saturated carbocycles. The van der Waals surface area contributed by atoms with Crippen LogP contribution in [0, 0.1) is 0 Å². The average molecular weight is 830 g/mol. The third-order valence-corrected chi connectivity index (χ3v) is 11.4. The van der Waals surface area contributed by atoms with Crippen LogP contribution in [0.15, 0.2) is 22.7 Å². The van der Waals surface area contributed by atoms with Crippen LogP contribution >= 0.6 is 34.7 Å². The number of thioether (sulfide) groups is 1. The molecule has 1 aromatic carbocycles. The molecule has 5 amide bonds. The first kappa shape index (κ1) is 41.0. The number of fused-ring (bicyclic) bond motifs is 1. The predicted octanol–water partition coefficient (Wildman–Crippen LogP) is -1.34. The number of aliphatic hydroxyl groups excluding tert-OH is 1. The number of methoxy groups -OCH3 is 1. The Hall–Kier alpha value is -5.14. The number of aromatic nitrogens is 1. The van der Waals surface area contributed by atoms with Gasteiger partial charge in [0.2, 0.25) is 16.4 Å². The number of hydrogen-bond donors (Lipinski definition) is 9. The van der Waals surface area contributed by atoms with Crippen LogP contribution < -0.4 is 21.8 Å². The summed E-state index contributed by atoms with van der Waals surface area (Å²) in [6, 6.07) is -0.699. The zero-order chi connectivity index (χ0) is 40.6. The number of thiazole rings is 1. The number of benzene rings is 1. The Bertz CT molecular complexity index is 1930. The molecule has 0 spiro atoms. The maximum Gasteiger partial charge on any atom is 0.350 e. The van der Waals surface area contributed by atoms with E-state index in [1.807, 2.05) is 0 Å². The minimum absolute atomic E-state index is 0.0187. The van der Waals surface area contributed by atoms with Gasteiger partial charge in [0.05, 0.1) is 30.8 Å². The number of nitrogens with zero attached hydrogens (tertiary/aromatic N) is 5. The Balaban J connectivity index is 1.24. The van der Waals surface area contributed by atoms with Crippen LogP contribution in [0.25, 0.3) is 0 Å². The molecule has 0 radical (unpaired) electrons.